The summed E-state index contributed by atoms with van der Waals surface area (Å²) in [6, 6.07) is 10.7. The van der Waals surface area contributed by atoms with Crippen LogP contribution in [0.1, 0.15) is 0 Å². The highest BCUT2D eigenvalue weighted by molar-refractivity contribution is 14.1. The number of anilines is 2. The molecule has 0 bridgehead atoms. The van der Waals surface area contributed by atoms with Gasteiger partial charge in [0.15, 0.2) is 11.6 Å². The molecule has 0 aliphatic carbocycles. The smallest absolute Gasteiger partial charge is 0.243 e. The number of nitrogens with one attached hydrogen (secondary N) is 2. The fraction of sp³-hybridized carbons (Fsp3) is 0.0714. The first-order chi connectivity index (χ1) is 9.56. The van der Waals surface area contributed by atoms with E-state index in [0.29, 0.717) is 0 Å². The molecule has 0 aromatic heterocycles. The zero-order valence-electron chi connectivity index (χ0n) is 10.3. The Morgan fingerprint density at radius 2 is 1.85 bits per heavy atom. The summed E-state index contributed by atoms with van der Waals surface area (Å²) >= 11 is 2.15. The average molecular weight is 388 g/mol. The van der Waals surface area contributed by atoms with Crippen LogP contribution < -0.4 is 10.6 Å². The highest BCUT2D eigenvalue weighted by Gasteiger charge is 2.06. The van der Waals surface area contributed by atoms with Crippen LogP contribution in [0.5, 0.6) is 0 Å². The predicted octanol–water partition coefficient (Wildman–Crippen LogP) is 3.62. The molecule has 1 amide bonds. The molecule has 0 radical (unpaired) electrons. The summed E-state index contributed by atoms with van der Waals surface area (Å²) in [5.74, 6) is -2.27. The van der Waals surface area contributed by atoms with E-state index < -0.39 is 11.6 Å². The summed E-state index contributed by atoms with van der Waals surface area (Å²) in [5.41, 5.74) is 1.06. The number of hydrogen-bond acceptors (Lipinski definition) is 2. The minimum absolute atomic E-state index is 0.0407. The number of rotatable bonds is 4. The topological polar surface area (TPSA) is 41.1 Å². The van der Waals surface area contributed by atoms with Gasteiger partial charge in [-0.05, 0) is 46.9 Å². The molecule has 0 saturated heterocycles. The van der Waals surface area contributed by atoms with Gasteiger partial charge in [0, 0.05) is 21.0 Å². The van der Waals surface area contributed by atoms with E-state index in [2.05, 4.69) is 33.2 Å². The molecule has 6 heteroatoms. The average Bonchev–Trinajstić information content (AvgIpc) is 2.42. The molecule has 2 aromatic carbocycles. The number of halogens is 3. The van der Waals surface area contributed by atoms with Crippen LogP contribution >= 0.6 is 22.6 Å². The molecule has 104 valence electrons. The molecule has 2 rings (SSSR count). The quantitative estimate of drug-likeness (QED) is 0.786. The zero-order chi connectivity index (χ0) is 14.5. The molecule has 0 unspecified atom stereocenters. The van der Waals surface area contributed by atoms with Crippen molar-refractivity contribution in [2.24, 2.45) is 0 Å². The van der Waals surface area contributed by atoms with Gasteiger partial charge in [0.1, 0.15) is 0 Å². The molecule has 0 heterocycles. The first-order valence-corrected chi connectivity index (χ1v) is 6.87. The minimum Gasteiger partial charge on any atom is -0.375 e. The predicted molar refractivity (Wildman–Crippen MR) is 82.6 cm³/mol. The van der Waals surface area contributed by atoms with Gasteiger partial charge in [-0.15, -0.1) is 0 Å². The maximum atomic E-state index is 13.0. The van der Waals surface area contributed by atoms with Crippen LogP contribution in [-0.4, -0.2) is 12.5 Å². The Morgan fingerprint density at radius 3 is 2.55 bits per heavy atom. The van der Waals surface area contributed by atoms with Gasteiger partial charge in [0.05, 0.1) is 6.54 Å². The SMILES string of the molecule is O=C(CNc1ccccc1I)Nc1ccc(F)c(F)c1. The largest absolute Gasteiger partial charge is 0.375 e. The van der Waals surface area contributed by atoms with Crippen molar-refractivity contribution in [1.82, 2.24) is 0 Å². The molecule has 0 fully saturated rings. The molecular formula is C14H11F2IN2O. The van der Waals surface area contributed by atoms with Crippen molar-refractivity contribution in [2.45, 2.75) is 0 Å². The maximum absolute atomic E-state index is 13.0. The van der Waals surface area contributed by atoms with Crippen molar-refractivity contribution in [3.8, 4) is 0 Å². The van der Waals surface area contributed by atoms with Gasteiger partial charge in [-0.3, -0.25) is 4.79 Å². The molecule has 2 aromatic rings. The van der Waals surface area contributed by atoms with Gasteiger partial charge in [-0.25, -0.2) is 8.78 Å². The first-order valence-electron chi connectivity index (χ1n) is 5.79. The summed E-state index contributed by atoms with van der Waals surface area (Å²) in [4.78, 5) is 11.7. The third-order valence-corrected chi connectivity index (χ3v) is 3.46. The van der Waals surface area contributed by atoms with E-state index in [0.717, 1.165) is 21.4 Å². The lowest BCUT2D eigenvalue weighted by Gasteiger charge is -2.09. The normalized spacial score (nSPS) is 10.2. The number of carbonyl (C=O) groups excluding carboxylic acids is 1. The lowest BCUT2D eigenvalue weighted by Crippen LogP contribution is -2.22. The molecule has 0 spiro atoms. The maximum Gasteiger partial charge on any atom is 0.243 e. The molecule has 0 aliphatic rings. The molecule has 20 heavy (non-hydrogen) atoms. The van der Waals surface area contributed by atoms with Crippen LogP contribution in [0.15, 0.2) is 42.5 Å². The third kappa shape index (κ3) is 3.89. The van der Waals surface area contributed by atoms with E-state index in [9.17, 15) is 13.6 Å². The minimum atomic E-state index is -0.992. The molecule has 0 saturated carbocycles. The van der Waals surface area contributed by atoms with Crippen LogP contribution in [0.4, 0.5) is 20.2 Å². The number of benzene rings is 2. The van der Waals surface area contributed by atoms with Crippen molar-refractivity contribution < 1.29 is 13.6 Å². The third-order valence-electron chi connectivity index (χ3n) is 2.52. The lowest BCUT2D eigenvalue weighted by molar-refractivity contribution is -0.114. The van der Waals surface area contributed by atoms with Gasteiger partial charge in [-0.1, -0.05) is 12.1 Å². The monoisotopic (exact) mass is 388 g/mol. The Labute approximate surface area is 128 Å². The highest BCUT2D eigenvalue weighted by Crippen LogP contribution is 2.17. The molecular weight excluding hydrogens is 377 g/mol. The van der Waals surface area contributed by atoms with E-state index in [1.807, 2.05) is 24.3 Å². The Morgan fingerprint density at radius 1 is 1.10 bits per heavy atom. The fourth-order valence-electron chi connectivity index (χ4n) is 1.56. The van der Waals surface area contributed by atoms with Gasteiger partial charge in [0.25, 0.3) is 0 Å². The molecule has 0 aliphatic heterocycles. The van der Waals surface area contributed by atoms with Crippen LogP contribution in [0.25, 0.3) is 0 Å². The van der Waals surface area contributed by atoms with E-state index in [-0.39, 0.29) is 18.1 Å². The fourth-order valence-corrected chi connectivity index (χ4v) is 2.14. The Balaban J connectivity index is 1.93. The summed E-state index contributed by atoms with van der Waals surface area (Å²) in [6.45, 7) is 0.0407. The van der Waals surface area contributed by atoms with Gasteiger partial charge in [-0.2, -0.15) is 0 Å². The van der Waals surface area contributed by atoms with Crippen LogP contribution in [0.3, 0.4) is 0 Å². The zero-order valence-corrected chi connectivity index (χ0v) is 12.4. The second kappa shape index (κ2) is 6.65. The van der Waals surface area contributed by atoms with Gasteiger partial charge in [0.2, 0.25) is 5.91 Å². The molecule has 0 atom stereocenters. The summed E-state index contributed by atoms with van der Waals surface area (Å²) in [5, 5.41) is 5.46. The number of para-hydroxylation sites is 1. The number of hydrogen-bond donors (Lipinski definition) is 2. The molecule has 3 nitrogen and oxygen atoms in total. The highest BCUT2D eigenvalue weighted by atomic mass is 127. The lowest BCUT2D eigenvalue weighted by atomic mass is 10.3. The Kier molecular flexibility index (Phi) is 4.89. The Hall–Kier alpha value is -1.70. The number of amides is 1. The number of carbonyl (C=O) groups is 1. The summed E-state index contributed by atoms with van der Waals surface area (Å²) in [6.07, 6.45) is 0. The van der Waals surface area contributed by atoms with Crippen LogP contribution in [0.2, 0.25) is 0 Å². The second-order valence-electron chi connectivity index (χ2n) is 4.01. The van der Waals surface area contributed by atoms with Gasteiger partial charge < -0.3 is 10.6 Å². The summed E-state index contributed by atoms with van der Waals surface area (Å²) < 4.78 is 26.7. The van der Waals surface area contributed by atoms with Crippen molar-refractivity contribution in [3.63, 3.8) is 0 Å². The standard InChI is InChI=1S/C14H11F2IN2O/c15-10-6-5-9(7-11(10)16)19-14(20)8-18-13-4-2-1-3-12(13)17/h1-7,18H,8H2,(H,19,20). The van der Waals surface area contributed by atoms with Crippen molar-refractivity contribution >= 4 is 39.9 Å². The summed E-state index contributed by atoms with van der Waals surface area (Å²) in [7, 11) is 0. The Bertz CT molecular complexity index is 634. The van der Waals surface area contributed by atoms with Crippen LogP contribution in [-0.2, 0) is 4.79 Å². The van der Waals surface area contributed by atoms with E-state index >= 15 is 0 Å². The van der Waals surface area contributed by atoms with E-state index in [4.69, 9.17) is 0 Å². The van der Waals surface area contributed by atoms with E-state index in [1.54, 1.807) is 0 Å². The van der Waals surface area contributed by atoms with Gasteiger partial charge >= 0.3 is 0 Å². The van der Waals surface area contributed by atoms with Crippen LogP contribution in [0, 0.1) is 15.2 Å². The second-order valence-corrected chi connectivity index (χ2v) is 5.17. The van der Waals surface area contributed by atoms with Crippen molar-refractivity contribution in [3.05, 3.63) is 57.7 Å². The first kappa shape index (κ1) is 14.7. The molecule has 2 N–H and O–H groups in total. The van der Waals surface area contributed by atoms with Crippen molar-refractivity contribution in [2.75, 3.05) is 17.2 Å². The van der Waals surface area contributed by atoms with Crippen molar-refractivity contribution in [1.29, 1.82) is 0 Å². The van der Waals surface area contributed by atoms with E-state index in [1.165, 1.54) is 6.07 Å².